The van der Waals surface area contributed by atoms with Crippen LogP contribution in [0.2, 0.25) is 0 Å². The maximum absolute atomic E-state index is 12.4. The van der Waals surface area contributed by atoms with Gasteiger partial charge in [0.1, 0.15) is 19.3 Å². The van der Waals surface area contributed by atoms with Gasteiger partial charge in [0, 0.05) is 6.42 Å². The molecule has 0 rings (SSSR count). The number of quaternary nitrogens is 1. The predicted octanol–water partition coefficient (Wildman–Crippen LogP) is 3.19. The molecule has 31 heavy (non-hydrogen) atoms. The summed E-state index contributed by atoms with van der Waals surface area (Å²) in [7, 11) is 0.877. The van der Waals surface area contributed by atoms with E-state index in [0.717, 1.165) is 19.3 Å². The van der Waals surface area contributed by atoms with Crippen molar-refractivity contribution < 1.29 is 38.0 Å². The molecule has 0 aromatic heterocycles. The van der Waals surface area contributed by atoms with Crippen LogP contribution in [-0.4, -0.2) is 73.6 Å². The number of Topliss-reactive ketones (excluding diaryl/α,β-unsaturated/α-hetero) is 1. The standard InChI is InChI=1S/C22H46NO7P/c1-5-6-7-8-9-10-11-12-13-14-15-16-20(25)22(21(26)19-24)30-31(27,28)29-18-17-23(2,3)4/h21-22,24,26H,5-19H2,1-4H3/t21-,22?/m0/s1. The number of ketones is 1. The summed E-state index contributed by atoms with van der Waals surface area (Å²) in [5, 5.41) is 19.0. The van der Waals surface area contributed by atoms with E-state index in [0.29, 0.717) is 17.4 Å². The molecule has 0 aliphatic carbocycles. The van der Waals surface area contributed by atoms with Gasteiger partial charge in [-0.2, -0.15) is 0 Å². The molecule has 0 aliphatic rings. The van der Waals surface area contributed by atoms with Gasteiger partial charge in [0.05, 0.1) is 27.7 Å². The van der Waals surface area contributed by atoms with Crippen LogP contribution in [0.15, 0.2) is 0 Å². The minimum absolute atomic E-state index is 0.0949. The first-order chi connectivity index (χ1) is 14.5. The molecular formula is C22H46NO7P. The molecule has 0 spiro atoms. The molecular weight excluding hydrogens is 421 g/mol. The van der Waals surface area contributed by atoms with E-state index in [1.54, 1.807) is 0 Å². The van der Waals surface area contributed by atoms with Crippen LogP contribution in [-0.2, 0) is 18.4 Å². The van der Waals surface area contributed by atoms with Crippen molar-refractivity contribution in [3.8, 4) is 0 Å². The summed E-state index contributed by atoms with van der Waals surface area (Å²) in [6.45, 7) is 1.77. The number of nitrogens with zero attached hydrogens (tertiary/aromatic N) is 1. The molecule has 0 aromatic carbocycles. The Hall–Kier alpha value is -0.340. The Morgan fingerprint density at radius 1 is 0.968 bits per heavy atom. The van der Waals surface area contributed by atoms with Crippen molar-refractivity contribution in [1.29, 1.82) is 0 Å². The fraction of sp³-hybridized carbons (Fsp3) is 0.955. The Labute approximate surface area is 189 Å². The lowest BCUT2D eigenvalue weighted by Gasteiger charge is -2.30. The zero-order valence-electron chi connectivity index (χ0n) is 20.1. The molecule has 0 radical (unpaired) electrons. The van der Waals surface area contributed by atoms with Crippen LogP contribution in [0.25, 0.3) is 0 Å². The maximum Gasteiger partial charge on any atom is 0.268 e. The van der Waals surface area contributed by atoms with Crippen molar-refractivity contribution in [2.75, 3.05) is 40.9 Å². The highest BCUT2D eigenvalue weighted by atomic mass is 31.2. The molecule has 3 atom stereocenters. The third kappa shape index (κ3) is 17.8. The summed E-state index contributed by atoms with van der Waals surface area (Å²) in [4.78, 5) is 24.4. The van der Waals surface area contributed by atoms with Gasteiger partial charge in [-0.25, -0.2) is 0 Å². The van der Waals surface area contributed by atoms with Gasteiger partial charge in [0.15, 0.2) is 11.9 Å². The van der Waals surface area contributed by atoms with Crippen molar-refractivity contribution in [2.24, 2.45) is 0 Å². The molecule has 0 bridgehead atoms. The van der Waals surface area contributed by atoms with Crippen molar-refractivity contribution in [1.82, 2.24) is 0 Å². The van der Waals surface area contributed by atoms with Crippen molar-refractivity contribution in [3.05, 3.63) is 0 Å². The van der Waals surface area contributed by atoms with Crippen LogP contribution in [0.5, 0.6) is 0 Å². The number of carbonyl (C=O) groups is 1. The number of aliphatic hydroxyl groups is 2. The van der Waals surface area contributed by atoms with Gasteiger partial charge in [0.25, 0.3) is 7.82 Å². The van der Waals surface area contributed by atoms with Crippen molar-refractivity contribution in [3.63, 3.8) is 0 Å². The first-order valence-corrected chi connectivity index (χ1v) is 13.2. The van der Waals surface area contributed by atoms with Crippen molar-refractivity contribution >= 4 is 13.6 Å². The molecule has 0 saturated heterocycles. The molecule has 0 heterocycles. The second-order valence-electron chi connectivity index (χ2n) is 9.32. The van der Waals surface area contributed by atoms with Gasteiger partial charge in [-0.3, -0.25) is 9.36 Å². The molecule has 8 nitrogen and oxygen atoms in total. The largest absolute Gasteiger partial charge is 0.756 e. The normalized spacial score (nSPS) is 16.1. The average Bonchev–Trinajstić information content (AvgIpc) is 2.68. The third-order valence-corrected chi connectivity index (χ3v) is 6.12. The molecule has 0 aromatic rings. The summed E-state index contributed by atoms with van der Waals surface area (Å²) >= 11 is 0. The summed E-state index contributed by atoms with van der Waals surface area (Å²) in [5.74, 6) is -0.538. The monoisotopic (exact) mass is 467 g/mol. The highest BCUT2D eigenvalue weighted by Gasteiger charge is 2.31. The molecule has 0 fully saturated rings. The van der Waals surface area contributed by atoms with E-state index in [-0.39, 0.29) is 13.0 Å². The number of carbonyl (C=O) groups excluding carboxylic acids is 1. The second kappa shape index (κ2) is 17.2. The van der Waals surface area contributed by atoms with Gasteiger partial charge in [0.2, 0.25) is 0 Å². The van der Waals surface area contributed by atoms with Gasteiger partial charge in [-0.05, 0) is 6.42 Å². The number of hydrogen-bond acceptors (Lipinski definition) is 7. The topological polar surface area (TPSA) is 116 Å². The zero-order valence-corrected chi connectivity index (χ0v) is 21.0. The highest BCUT2D eigenvalue weighted by molar-refractivity contribution is 7.45. The SMILES string of the molecule is CCCCCCCCCCCCCC(=O)C(OP(=O)([O-])OCC[N+](C)(C)C)[C@@H](O)CO. The smallest absolute Gasteiger partial charge is 0.268 e. The molecule has 2 unspecified atom stereocenters. The Morgan fingerprint density at radius 3 is 1.90 bits per heavy atom. The highest BCUT2D eigenvalue weighted by Crippen LogP contribution is 2.40. The minimum Gasteiger partial charge on any atom is -0.756 e. The first kappa shape index (κ1) is 30.7. The number of likely N-dealkylation sites (N-methyl/N-ethyl adjacent to an activating group) is 1. The van der Waals surface area contributed by atoms with E-state index >= 15 is 0 Å². The molecule has 0 saturated carbocycles. The minimum atomic E-state index is -4.78. The van der Waals surface area contributed by atoms with Crippen LogP contribution in [0.4, 0.5) is 0 Å². The van der Waals surface area contributed by atoms with Gasteiger partial charge in [-0.1, -0.05) is 71.1 Å². The van der Waals surface area contributed by atoms with Crippen LogP contribution in [0, 0.1) is 0 Å². The lowest BCUT2D eigenvalue weighted by Crippen LogP contribution is -2.40. The Kier molecular flexibility index (Phi) is 17.0. The van der Waals surface area contributed by atoms with Crippen LogP contribution < -0.4 is 4.89 Å². The maximum atomic E-state index is 12.4. The van der Waals surface area contributed by atoms with Crippen LogP contribution in [0.1, 0.15) is 84.0 Å². The van der Waals surface area contributed by atoms with E-state index in [2.05, 4.69) is 6.92 Å². The zero-order chi connectivity index (χ0) is 23.8. The fourth-order valence-corrected chi connectivity index (χ4v) is 4.04. The number of rotatable bonds is 21. The van der Waals surface area contributed by atoms with E-state index in [1.165, 1.54) is 44.9 Å². The van der Waals surface area contributed by atoms with Crippen LogP contribution in [0.3, 0.4) is 0 Å². The van der Waals surface area contributed by atoms with E-state index in [4.69, 9.17) is 9.05 Å². The molecule has 9 heteroatoms. The lowest BCUT2D eigenvalue weighted by molar-refractivity contribution is -0.870. The predicted molar refractivity (Wildman–Crippen MR) is 121 cm³/mol. The molecule has 2 N–H and O–H groups in total. The number of phosphoric acid groups is 1. The van der Waals surface area contributed by atoms with Gasteiger partial charge < -0.3 is 28.6 Å². The van der Waals surface area contributed by atoms with E-state index in [1.807, 2.05) is 21.1 Å². The molecule has 0 aliphatic heterocycles. The van der Waals surface area contributed by atoms with Gasteiger partial charge >= 0.3 is 0 Å². The Bertz CT molecular complexity index is 511. The average molecular weight is 468 g/mol. The quantitative estimate of drug-likeness (QED) is 0.151. The number of phosphoric ester groups is 1. The second-order valence-corrected chi connectivity index (χ2v) is 10.7. The summed E-state index contributed by atoms with van der Waals surface area (Å²) in [6, 6.07) is 0. The third-order valence-electron chi connectivity index (χ3n) is 5.13. The Morgan fingerprint density at radius 2 is 1.45 bits per heavy atom. The first-order valence-electron chi connectivity index (χ1n) is 11.8. The van der Waals surface area contributed by atoms with E-state index < -0.39 is 32.4 Å². The van der Waals surface area contributed by atoms with Gasteiger partial charge in [-0.15, -0.1) is 0 Å². The van der Waals surface area contributed by atoms with Crippen LogP contribution >= 0.6 is 7.82 Å². The number of hydrogen-bond donors (Lipinski definition) is 2. The number of unbranched alkanes of at least 4 members (excludes halogenated alkanes) is 10. The molecule has 0 amide bonds. The lowest BCUT2D eigenvalue weighted by atomic mass is 10.0. The summed E-state index contributed by atoms with van der Waals surface area (Å²) in [6.07, 6.45) is 9.36. The Balaban J connectivity index is 4.21. The van der Waals surface area contributed by atoms with E-state index in [9.17, 15) is 24.5 Å². The number of aliphatic hydroxyl groups excluding tert-OH is 2. The summed E-state index contributed by atoms with van der Waals surface area (Å²) in [5.41, 5.74) is 0. The fourth-order valence-electron chi connectivity index (χ4n) is 3.14. The summed E-state index contributed by atoms with van der Waals surface area (Å²) < 4.78 is 22.2. The van der Waals surface area contributed by atoms with Crippen molar-refractivity contribution in [2.45, 2.75) is 96.2 Å². The molecule has 186 valence electrons.